The molecule has 3 nitrogen and oxygen atoms in total. The molecule has 2 aliphatic rings. The summed E-state index contributed by atoms with van der Waals surface area (Å²) >= 11 is 0. The van der Waals surface area contributed by atoms with Crippen molar-refractivity contribution >= 4 is 5.78 Å². The second-order valence-electron chi connectivity index (χ2n) is 5.36. The number of hydrogen-bond donors (Lipinski definition) is 0. The first-order valence-electron chi connectivity index (χ1n) is 7.19. The van der Waals surface area contributed by atoms with Crippen molar-refractivity contribution in [1.82, 2.24) is 4.90 Å². The number of carbonyl (C=O) groups is 1. The molecule has 98 valence electrons. The molecule has 1 aliphatic carbocycles. The van der Waals surface area contributed by atoms with Gasteiger partial charge in [0.2, 0.25) is 0 Å². The van der Waals surface area contributed by atoms with E-state index in [1.54, 1.807) is 0 Å². The van der Waals surface area contributed by atoms with Crippen molar-refractivity contribution in [1.29, 1.82) is 0 Å². The number of hydrogen-bond acceptors (Lipinski definition) is 3. The molecule has 1 saturated heterocycles. The van der Waals surface area contributed by atoms with Crippen molar-refractivity contribution < 1.29 is 9.53 Å². The van der Waals surface area contributed by atoms with E-state index in [4.69, 9.17) is 4.74 Å². The van der Waals surface area contributed by atoms with Crippen molar-refractivity contribution in [3.63, 3.8) is 0 Å². The van der Waals surface area contributed by atoms with Crippen LogP contribution in [-0.2, 0) is 9.53 Å². The third-order valence-corrected chi connectivity index (χ3v) is 3.93. The van der Waals surface area contributed by atoms with Gasteiger partial charge in [0, 0.05) is 19.6 Å². The number of ketones is 1. The van der Waals surface area contributed by atoms with Crippen LogP contribution in [-0.4, -0.2) is 42.5 Å². The number of rotatable bonds is 4. The van der Waals surface area contributed by atoms with Crippen LogP contribution in [0.15, 0.2) is 0 Å². The van der Waals surface area contributed by atoms with Crippen LogP contribution in [0.2, 0.25) is 0 Å². The molecule has 2 rings (SSSR count). The molecule has 0 N–H and O–H groups in total. The zero-order valence-corrected chi connectivity index (χ0v) is 11.0. The molecule has 0 radical (unpaired) electrons. The van der Waals surface area contributed by atoms with Crippen LogP contribution < -0.4 is 0 Å². The van der Waals surface area contributed by atoms with Crippen LogP contribution in [0.25, 0.3) is 0 Å². The number of likely N-dealkylation sites (tertiary alicyclic amines) is 1. The Hall–Kier alpha value is -0.410. The van der Waals surface area contributed by atoms with Crippen molar-refractivity contribution in [2.75, 3.05) is 19.7 Å². The predicted molar refractivity (Wildman–Crippen MR) is 68.1 cm³/mol. The van der Waals surface area contributed by atoms with Crippen LogP contribution in [0.3, 0.4) is 0 Å². The van der Waals surface area contributed by atoms with E-state index in [0.717, 1.165) is 51.8 Å². The van der Waals surface area contributed by atoms with Crippen molar-refractivity contribution in [3.8, 4) is 0 Å². The Morgan fingerprint density at radius 1 is 1.29 bits per heavy atom. The SMILES string of the molecule is CCCOC1CCCN(C2CCCCC2=O)C1. The van der Waals surface area contributed by atoms with E-state index in [1.807, 2.05) is 0 Å². The molecular formula is C14H25NO2. The first-order valence-corrected chi connectivity index (χ1v) is 7.19. The van der Waals surface area contributed by atoms with Crippen LogP contribution in [0.4, 0.5) is 0 Å². The lowest BCUT2D eigenvalue weighted by Crippen LogP contribution is -2.49. The highest BCUT2D eigenvalue weighted by Crippen LogP contribution is 2.24. The summed E-state index contributed by atoms with van der Waals surface area (Å²) in [6, 6.07) is 0.205. The van der Waals surface area contributed by atoms with E-state index in [0.29, 0.717) is 11.9 Å². The molecule has 1 heterocycles. The molecule has 17 heavy (non-hydrogen) atoms. The van der Waals surface area contributed by atoms with Crippen LogP contribution in [0.5, 0.6) is 0 Å². The minimum absolute atomic E-state index is 0.205. The molecule has 1 saturated carbocycles. The molecule has 2 fully saturated rings. The zero-order chi connectivity index (χ0) is 12.1. The van der Waals surface area contributed by atoms with Gasteiger partial charge >= 0.3 is 0 Å². The van der Waals surface area contributed by atoms with Crippen molar-refractivity contribution in [3.05, 3.63) is 0 Å². The maximum atomic E-state index is 11.9. The largest absolute Gasteiger partial charge is 0.377 e. The maximum Gasteiger partial charge on any atom is 0.149 e. The van der Waals surface area contributed by atoms with Crippen LogP contribution in [0.1, 0.15) is 51.9 Å². The van der Waals surface area contributed by atoms with Gasteiger partial charge in [0.25, 0.3) is 0 Å². The first kappa shape index (κ1) is 13.0. The lowest BCUT2D eigenvalue weighted by molar-refractivity contribution is -0.128. The van der Waals surface area contributed by atoms with Crippen molar-refractivity contribution in [2.45, 2.75) is 64.0 Å². The lowest BCUT2D eigenvalue weighted by Gasteiger charge is -2.38. The summed E-state index contributed by atoms with van der Waals surface area (Å²) in [5, 5.41) is 0. The molecule has 0 spiro atoms. The Labute approximate surface area is 105 Å². The first-order chi connectivity index (χ1) is 8.31. The summed E-state index contributed by atoms with van der Waals surface area (Å²) in [7, 11) is 0. The second-order valence-corrected chi connectivity index (χ2v) is 5.36. The second kappa shape index (κ2) is 6.50. The third kappa shape index (κ3) is 3.52. The Morgan fingerprint density at radius 3 is 2.94 bits per heavy atom. The number of carbonyl (C=O) groups excluding carboxylic acids is 1. The summed E-state index contributed by atoms with van der Waals surface area (Å²) in [6.45, 7) is 5.06. The van der Waals surface area contributed by atoms with Gasteiger partial charge in [0.05, 0.1) is 12.1 Å². The summed E-state index contributed by atoms with van der Waals surface area (Å²) in [5.74, 6) is 0.465. The van der Waals surface area contributed by atoms with Gasteiger partial charge in [0.15, 0.2) is 0 Å². The van der Waals surface area contributed by atoms with Crippen LogP contribution >= 0.6 is 0 Å². The van der Waals surface area contributed by atoms with E-state index < -0.39 is 0 Å². The molecule has 2 atom stereocenters. The van der Waals surface area contributed by atoms with E-state index >= 15 is 0 Å². The van der Waals surface area contributed by atoms with Crippen LogP contribution in [0, 0.1) is 0 Å². The minimum atomic E-state index is 0.205. The molecule has 0 aromatic carbocycles. The molecule has 0 aromatic heterocycles. The van der Waals surface area contributed by atoms with Gasteiger partial charge in [-0.25, -0.2) is 0 Å². The average Bonchev–Trinajstić information content (AvgIpc) is 2.37. The molecule has 2 unspecified atom stereocenters. The quantitative estimate of drug-likeness (QED) is 0.754. The summed E-state index contributed by atoms with van der Waals surface area (Å²) < 4.78 is 5.84. The normalized spacial score (nSPS) is 31.7. The molecule has 3 heteroatoms. The summed E-state index contributed by atoms with van der Waals surface area (Å²) in [6.07, 6.45) is 7.96. The fourth-order valence-corrected chi connectivity index (χ4v) is 3.02. The number of ether oxygens (including phenoxy) is 1. The monoisotopic (exact) mass is 239 g/mol. The lowest BCUT2D eigenvalue weighted by atomic mass is 9.91. The van der Waals surface area contributed by atoms with Gasteiger partial charge in [-0.15, -0.1) is 0 Å². The highest BCUT2D eigenvalue weighted by Gasteiger charge is 2.31. The molecule has 0 amide bonds. The zero-order valence-electron chi connectivity index (χ0n) is 11.0. The topological polar surface area (TPSA) is 29.5 Å². The van der Waals surface area contributed by atoms with Gasteiger partial charge in [-0.1, -0.05) is 13.3 Å². The fourth-order valence-electron chi connectivity index (χ4n) is 3.02. The van der Waals surface area contributed by atoms with E-state index in [-0.39, 0.29) is 6.04 Å². The number of nitrogens with zero attached hydrogens (tertiary/aromatic N) is 1. The average molecular weight is 239 g/mol. The van der Waals surface area contributed by atoms with Gasteiger partial charge in [0.1, 0.15) is 5.78 Å². The van der Waals surface area contributed by atoms with Crippen molar-refractivity contribution in [2.24, 2.45) is 0 Å². The fraction of sp³-hybridized carbons (Fsp3) is 0.929. The van der Waals surface area contributed by atoms with Gasteiger partial charge in [-0.3, -0.25) is 9.69 Å². The standard InChI is InChI=1S/C14H25NO2/c1-2-10-17-12-6-5-9-15(11-12)13-7-3-4-8-14(13)16/h12-13H,2-11H2,1H3. The highest BCUT2D eigenvalue weighted by molar-refractivity contribution is 5.84. The Bertz CT molecular complexity index is 255. The number of piperidine rings is 1. The maximum absolute atomic E-state index is 11.9. The molecular weight excluding hydrogens is 214 g/mol. The highest BCUT2D eigenvalue weighted by atomic mass is 16.5. The Morgan fingerprint density at radius 2 is 2.18 bits per heavy atom. The van der Waals surface area contributed by atoms with Gasteiger partial charge < -0.3 is 4.74 Å². The molecule has 0 bridgehead atoms. The Kier molecular flexibility index (Phi) is 4.99. The number of Topliss-reactive ketones (excluding diaryl/α,β-unsaturated/α-hetero) is 1. The van der Waals surface area contributed by atoms with Gasteiger partial charge in [-0.2, -0.15) is 0 Å². The smallest absolute Gasteiger partial charge is 0.149 e. The van der Waals surface area contributed by atoms with Gasteiger partial charge in [-0.05, 0) is 38.6 Å². The van der Waals surface area contributed by atoms with E-state index in [1.165, 1.54) is 12.8 Å². The Balaban J connectivity index is 1.85. The molecule has 1 aliphatic heterocycles. The summed E-state index contributed by atoms with van der Waals surface area (Å²) in [5.41, 5.74) is 0. The van der Waals surface area contributed by atoms with E-state index in [2.05, 4.69) is 11.8 Å². The predicted octanol–water partition coefficient (Wildman–Crippen LogP) is 2.39. The molecule has 0 aromatic rings. The van der Waals surface area contributed by atoms with E-state index in [9.17, 15) is 4.79 Å². The summed E-state index contributed by atoms with van der Waals surface area (Å²) in [4.78, 5) is 14.3. The minimum Gasteiger partial charge on any atom is -0.377 e. The third-order valence-electron chi connectivity index (χ3n) is 3.93.